The Morgan fingerprint density at radius 1 is 1.19 bits per heavy atom. The summed E-state index contributed by atoms with van der Waals surface area (Å²) in [5.41, 5.74) is 12.5. The highest BCUT2D eigenvalue weighted by molar-refractivity contribution is 7.99. The van der Waals surface area contributed by atoms with Crippen molar-refractivity contribution in [2.75, 3.05) is 18.0 Å². The van der Waals surface area contributed by atoms with E-state index >= 15 is 0 Å². The summed E-state index contributed by atoms with van der Waals surface area (Å²) in [5, 5.41) is 4.61. The molecule has 2 aromatic rings. The third-order valence-electron chi connectivity index (χ3n) is 2.71. The Hall–Kier alpha value is -1.50. The highest BCUT2D eigenvalue weighted by Gasteiger charge is 2.09. The Morgan fingerprint density at radius 2 is 1.90 bits per heavy atom. The second kappa shape index (κ2) is 7.49. The van der Waals surface area contributed by atoms with Crippen molar-refractivity contribution in [1.82, 2.24) is 15.3 Å². The molecule has 0 spiro atoms. The van der Waals surface area contributed by atoms with Crippen LogP contribution in [-0.4, -0.2) is 16.5 Å². The maximum absolute atomic E-state index is 6.07. The first kappa shape index (κ1) is 15.9. The summed E-state index contributed by atoms with van der Waals surface area (Å²) < 4.78 is 0. The molecule has 0 fully saturated rings. The van der Waals surface area contributed by atoms with Crippen LogP contribution in [0.4, 0.5) is 11.6 Å². The lowest BCUT2D eigenvalue weighted by atomic mass is 10.2. The Bertz CT molecular complexity index is 600. The van der Waals surface area contributed by atoms with Crippen LogP contribution in [-0.2, 0) is 6.54 Å². The van der Waals surface area contributed by atoms with Crippen LogP contribution < -0.4 is 16.8 Å². The molecule has 0 aliphatic heterocycles. The van der Waals surface area contributed by atoms with Gasteiger partial charge >= 0.3 is 0 Å². The fraction of sp³-hybridized carbons (Fsp3) is 0.286. The number of benzene rings is 1. The van der Waals surface area contributed by atoms with Crippen molar-refractivity contribution >= 4 is 35.0 Å². The third kappa shape index (κ3) is 4.77. The smallest absolute Gasteiger partial charge is 0.196 e. The number of halogens is 1. The zero-order valence-corrected chi connectivity index (χ0v) is 13.3. The van der Waals surface area contributed by atoms with Gasteiger partial charge in [-0.15, -0.1) is 0 Å². The summed E-state index contributed by atoms with van der Waals surface area (Å²) in [4.78, 5) is 9.41. The first-order valence-corrected chi connectivity index (χ1v) is 7.85. The predicted molar refractivity (Wildman–Crippen MR) is 88.4 cm³/mol. The molecule has 21 heavy (non-hydrogen) atoms. The van der Waals surface area contributed by atoms with E-state index in [0.29, 0.717) is 21.8 Å². The van der Waals surface area contributed by atoms with Crippen molar-refractivity contribution < 1.29 is 0 Å². The SMILES string of the molecule is CCCNCc1cc(Cl)ccc1Sc1nc(N)cc(N)n1. The van der Waals surface area contributed by atoms with Gasteiger partial charge in [-0.05, 0) is 48.5 Å². The molecule has 0 saturated carbocycles. The average Bonchev–Trinajstić information content (AvgIpc) is 2.41. The number of nitrogens with zero attached hydrogens (tertiary/aromatic N) is 2. The molecule has 0 unspecified atom stereocenters. The maximum atomic E-state index is 6.07. The van der Waals surface area contributed by atoms with Crippen molar-refractivity contribution in [3.8, 4) is 0 Å². The van der Waals surface area contributed by atoms with Gasteiger partial charge in [0.1, 0.15) is 11.6 Å². The second-order valence-electron chi connectivity index (χ2n) is 4.53. The Balaban J connectivity index is 2.21. The minimum atomic E-state index is 0.365. The fourth-order valence-corrected chi connectivity index (χ4v) is 2.88. The summed E-state index contributed by atoms with van der Waals surface area (Å²) in [7, 11) is 0. The van der Waals surface area contributed by atoms with E-state index in [-0.39, 0.29) is 0 Å². The molecular weight excluding hydrogens is 306 g/mol. The third-order valence-corrected chi connectivity index (χ3v) is 3.93. The monoisotopic (exact) mass is 323 g/mol. The Kier molecular flexibility index (Phi) is 5.67. The first-order valence-electron chi connectivity index (χ1n) is 6.65. The standard InChI is InChI=1S/C14H18ClN5S/c1-2-5-18-8-9-6-10(15)3-4-11(9)21-14-19-12(16)7-13(17)20-14/h3-4,6-7,18H,2,5,8H2,1H3,(H4,16,17,19,20). The van der Waals surface area contributed by atoms with Gasteiger partial charge < -0.3 is 16.8 Å². The van der Waals surface area contributed by atoms with Gasteiger partial charge in [0.2, 0.25) is 0 Å². The zero-order chi connectivity index (χ0) is 15.2. The summed E-state index contributed by atoms with van der Waals surface area (Å²) >= 11 is 7.50. The maximum Gasteiger partial charge on any atom is 0.196 e. The molecule has 0 aliphatic carbocycles. The summed E-state index contributed by atoms with van der Waals surface area (Å²) in [5.74, 6) is 0.731. The normalized spacial score (nSPS) is 10.8. The molecule has 5 N–H and O–H groups in total. The lowest BCUT2D eigenvalue weighted by Crippen LogP contribution is -2.14. The molecule has 0 aliphatic rings. The molecule has 1 heterocycles. The number of nitrogens with two attached hydrogens (primary N) is 2. The average molecular weight is 324 g/mol. The Morgan fingerprint density at radius 3 is 2.57 bits per heavy atom. The number of rotatable bonds is 6. The van der Waals surface area contributed by atoms with Gasteiger partial charge in [-0.2, -0.15) is 0 Å². The highest BCUT2D eigenvalue weighted by Crippen LogP contribution is 2.30. The van der Waals surface area contributed by atoms with E-state index < -0.39 is 0 Å². The van der Waals surface area contributed by atoms with Gasteiger partial charge in [0.25, 0.3) is 0 Å². The zero-order valence-electron chi connectivity index (χ0n) is 11.8. The van der Waals surface area contributed by atoms with Crippen LogP contribution in [0, 0.1) is 0 Å². The van der Waals surface area contributed by atoms with Gasteiger partial charge in [0.05, 0.1) is 0 Å². The van der Waals surface area contributed by atoms with Gasteiger partial charge in [-0.25, -0.2) is 9.97 Å². The highest BCUT2D eigenvalue weighted by atomic mass is 35.5. The summed E-state index contributed by atoms with van der Waals surface area (Å²) in [6.45, 7) is 3.83. The van der Waals surface area contributed by atoms with Crippen LogP contribution in [0.1, 0.15) is 18.9 Å². The lowest BCUT2D eigenvalue weighted by molar-refractivity contribution is 0.669. The molecule has 5 nitrogen and oxygen atoms in total. The van der Waals surface area contributed by atoms with Crippen LogP contribution in [0.25, 0.3) is 0 Å². The molecule has 112 valence electrons. The minimum Gasteiger partial charge on any atom is -0.383 e. The van der Waals surface area contributed by atoms with E-state index in [0.717, 1.165) is 30.0 Å². The largest absolute Gasteiger partial charge is 0.383 e. The summed E-state index contributed by atoms with van der Waals surface area (Å²) in [6.07, 6.45) is 1.08. The number of anilines is 2. The minimum absolute atomic E-state index is 0.365. The van der Waals surface area contributed by atoms with E-state index in [1.807, 2.05) is 18.2 Å². The van der Waals surface area contributed by atoms with E-state index in [1.165, 1.54) is 17.8 Å². The van der Waals surface area contributed by atoms with E-state index in [9.17, 15) is 0 Å². The van der Waals surface area contributed by atoms with Crippen LogP contribution in [0.15, 0.2) is 34.3 Å². The second-order valence-corrected chi connectivity index (χ2v) is 5.98. The molecule has 1 aromatic heterocycles. The summed E-state index contributed by atoms with van der Waals surface area (Å²) in [6, 6.07) is 7.29. The fourth-order valence-electron chi connectivity index (χ4n) is 1.79. The Labute approximate surface area is 133 Å². The van der Waals surface area contributed by atoms with Gasteiger partial charge in [0.15, 0.2) is 5.16 Å². The van der Waals surface area contributed by atoms with Crippen LogP contribution in [0.3, 0.4) is 0 Å². The van der Waals surface area contributed by atoms with Crippen LogP contribution in [0.5, 0.6) is 0 Å². The van der Waals surface area contributed by atoms with Crippen LogP contribution in [0.2, 0.25) is 5.02 Å². The van der Waals surface area contributed by atoms with Gasteiger partial charge in [0, 0.05) is 22.5 Å². The molecule has 0 bridgehead atoms. The number of hydrogen-bond acceptors (Lipinski definition) is 6. The van der Waals surface area contributed by atoms with E-state index in [1.54, 1.807) is 0 Å². The number of aromatic nitrogens is 2. The van der Waals surface area contributed by atoms with Crippen molar-refractivity contribution in [3.05, 3.63) is 34.9 Å². The van der Waals surface area contributed by atoms with Crippen molar-refractivity contribution in [2.24, 2.45) is 0 Å². The molecule has 0 radical (unpaired) electrons. The molecular formula is C14H18ClN5S. The van der Waals surface area contributed by atoms with Gasteiger partial charge in [-0.3, -0.25) is 0 Å². The van der Waals surface area contributed by atoms with Gasteiger partial charge in [-0.1, -0.05) is 18.5 Å². The quantitative estimate of drug-likeness (QED) is 0.559. The number of hydrogen-bond donors (Lipinski definition) is 3. The topological polar surface area (TPSA) is 89.8 Å². The van der Waals surface area contributed by atoms with Crippen LogP contribution >= 0.6 is 23.4 Å². The van der Waals surface area contributed by atoms with Crippen molar-refractivity contribution in [2.45, 2.75) is 29.9 Å². The van der Waals surface area contributed by atoms with E-state index in [4.69, 9.17) is 23.1 Å². The molecule has 0 amide bonds. The van der Waals surface area contributed by atoms with Crippen molar-refractivity contribution in [1.29, 1.82) is 0 Å². The molecule has 0 atom stereocenters. The first-order chi connectivity index (χ1) is 10.1. The predicted octanol–water partition coefficient (Wildman–Crippen LogP) is 2.95. The molecule has 2 rings (SSSR count). The number of nitrogens with one attached hydrogen (secondary N) is 1. The van der Waals surface area contributed by atoms with E-state index in [2.05, 4.69) is 22.2 Å². The lowest BCUT2D eigenvalue weighted by Gasteiger charge is -2.10. The van der Waals surface area contributed by atoms with Crippen molar-refractivity contribution in [3.63, 3.8) is 0 Å². The molecule has 1 aromatic carbocycles. The molecule has 7 heteroatoms. The molecule has 0 saturated heterocycles. The number of nitrogen functional groups attached to an aromatic ring is 2.